The van der Waals surface area contributed by atoms with E-state index in [1.54, 1.807) is 0 Å². The van der Waals surface area contributed by atoms with E-state index in [-0.39, 0.29) is 5.75 Å². The number of ether oxygens (including phenoxy) is 1. The summed E-state index contributed by atoms with van der Waals surface area (Å²) in [5, 5.41) is 0.392. The van der Waals surface area contributed by atoms with Gasteiger partial charge in [-0.1, -0.05) is 11.6 Å². The van der Waals surface area contributed by atoms with E-state index in [9.17, 15) is 4.79 Å². The molecule has 0 aliphatic heterocycles. The van der Waals surface area contributed by atoms with Crippen LogP contribution in [0.3, 0.4) is 0 Å². The lowest BCUT2D eigenvalue weighted by atomic mass is 10.5. The Hall–Kier alpha value is -1.29. The number of hydrogen-bond donors (Lipinski definition) is 1. The SMILES string of the molecule is NC(=O)Oc1cncc(Cl)c1. The molecule has 0 spiro atoms. The monoisotopic (exact) mass is 172 g/mol. The number of carbonyl (C=O) groups excluding carboxylic acids is 1. The van der Waals surface area contributed by atoms with Crippen molar-refractivity contribution < 1.29 is 9.53 Å². The third kappa shape index (κ3) is 2.43. The van der Waals surface area contributed by atoms with Crippen LogP contribution in [0, 0.1) is 0 Å². The van der Waals surface area contributed by atoms with Gasteiger partial charge >= 0.3 is 6.09 Å². The summed E-state index contributed by atoms with van der Waals surface area (Å²) in [6.45, 7) is 0. The molecule has 0 bridgehead atoms. The van der Waals surface area contributed by atoms with E-state index in [0.717, 1.165) is 0 Å². The van der Waals surface area contributed by atoms with Crippen molar-refractivity contribution in [1.82, 2.24) is 4.98 Å². The van der Waals surface area contributed by atoms with Crippen LogP contribution in [0.2, 0.25) is 5.02 Å². The van der Waals surface area contributed by atoms with Crippen molar-refractivity contribution in [3.63, 3.8) is 0 Å². The van der Waals surface area contributed by atoms with Gasteiger partial charge in [-0.25, -0.2) is 4.79 Å². The smallest absolute Gasteiger partial charge is 0.409 e. The van der Waals surface area contributed by atoms with Crippen LogP contribution in [0.4, 0.5) is 4.79 Å². The Kier molecular flexibility index (Phi) is 2.28. The van der Waals surface area contributed by atoms with Gasteiger partial charge in [-0.3, -0.25) is 4.98 Å². The molecule has 11 heavy (non-hydrogen) atoms. The largest absolute Gasteiger partial charge is 0.410 e. The van der Waals surface area contributed by atoms with Gasteiger partial charge < -0.3 is 10.5 Å². The van der Waals surface area contributed by atoms with Crippen LogP contribution >= 0.6 is 11.6 Å². The van der Waals surface area contributed by atoms with E-state index >= 15 is 0 Å². The Labute approximate surface area is 67.9 Å². The summed E-state index contributed by atoms with van der Waals surface area (Å²) in [6.07, 6.45) is 1.89. The Morgan fingerprint density at radius 2 is 2.36 bits per heavy atom. The van der Waals surface area contributed by atoms with Gasteiger partial charge in [0.15, 0.2) is 5.75 Å². The van der Waals surface area contributed by atoms with E-state index in [1.807, 2.05) is 0 Å². The quantitative estimate of drug-likeness (QED) is 0.692. The molecule has 1 amide bonds. The highest BCUT2D eigenvalue weighted by Gasteiger charge is 1.98. The molecule has 4 nitrogen and oxygen atoms in total. The zero-order chi connectivity index (χ0) is 8.27. The molecule has 0 aromatic carbocycles. The molecule has 2 N–H and O–H groups in total. The first-order valence-corrected chi connectivity index (χ1v) is 3.14. The summed E-state index contributed by atoms with van der Waals surface area (Å²) in [6, 6.07) is 1.44. The Morgan fingerprint density at radius 1 is 1.64 bits per heavy atom. The van der Waals surface area contributed by atoms with Crippen molar-refractivity contribution in [2.45, 2.75) is 0 Å². The summed E-state index contributed by atoms with van der Waals surface area (Å²) in [4.78, 5) is 13.9. The molecule has 1 aromatic rings. The summed E-state index contributed by atoms with van der Waals surface area (Å²) in [5.41, 5.74) is 4.74. The molecule has 0 radical (unpaired) electrons. The minimum absolute atomic E-state index is 0.241. The molecule has 0 saturated carbocycles. The first kappa shape index (κ1) is 7.81. The topological polar surface area (TPSA) is 65.2 Å². The summed E-state index contributed by atoms with van der Waals surface area (Å²) >= 11 is 5.53. The third-order valence-corrected chi connectivity index (χ3v) is 1.10. The number of halogens is 1. The van der Waals surface area contributed by atoms with Gasteiger partial charge in [-0.05, 0) is 0 Å². The van der Waals surface area contributed by atoms with Crippen molar-refractivity contribution in [3.8, 4) is 5.75 Å². The van der Waals surface area contributed by atoms with Gasteiger partial charge in [0.05, 0.1) is 11.2 Å². The predicted octanol–water partition coefficient (Wildman–Crippen LogP) is 1.19. The molecule has 5 heteroatoms. The van der Waals surface area contributed by atoms with Crippen molar-refractivity contribution in [2.75, 3.05) is 0 Å². The molecule has 0 atom stereocenters. The van der Waals surface area contributed by atoms with Crippen LogP contribution in [-0.4, -0.2) is 11.1 Å². The maximum absolute atomic E-state index is 10.2. The number of aromatic nitrogens is 1. The summed E-state index contributed by atoms with van der Waals surface area (Å²) in [5.74, 6) is 0.241. The Bertz CT molecular complexity index is 277. The fourth-order valence-electron chi connectivity index (χ4n) is 0.564. The van der Waals surface area contributed by atoms with Crippen molar-refractivity contribution in [3.05, 3.63) is 23.5 Å². The average Bonchev–Trinajstić information content (AvgIpc) is 1.85. The first-order valence-electron chi connectivity index (χ1n) is 2.76. The molecule has 1 heterocycles. The zero-order valence-electron chi connectivity index (χ0n) is 5.45. The molecule has 0 unspecified atom stereocenters. The van der Waals surface area contributed by atoms with Crippen LogP contribution < -0.4 is 10.5 Å². The number of amides is 1. The van der Waals surface area contributed by atoms with Crippen LogP contribution in [0.15, 0.2) is 18.5 Å². The van der Waals surface area contributed by atoms with Crippen molar-refractivity contribution in [2.24, 2.45) is 5.73 Å². The number of hydrogen-bond acceptors (Lipinski definition) is 3. The highest BCUT2D eigenvalue weighted by molar-refractivity contribution is 6.30. The Morgan fingerprint density at radius 3 is 2.91 bits per heavy atom. The van der Waals surface area contributed by atoms with Gasteiger partial charge in [0.1, 0.15) is 0 Å². The fraction of sp³-hybridized carbons (Fsp3) is 0. The van der Waals surface area contributed by atoms with Gasteiger partial charge in [0.25, 0.3) is 0 Å². The predicted molar refractivity (Wildman–Crippen MR) is 39.5 cm³/mol. The lowest BCUT2D eigenvalue weighted by Crippen LogP contribution is -2.16. The van der Waals surface area contributed by atoms with Crippen LogP contribution in [0.25, 0.3) is 0 Å². The number of nitrogens with zero attached hydrogens (tertiary/aromatic N) is 1. The fourth-order valence-corrected chi connectivity index (χ4v) is 0.728. The molecule has 0 aliphatic carbocycles. The van der Waals surface area contributed by atoms with E-state index in [0.29, 0.717) is 5.02 Å². The van der Waals surface area contributed by atoms with Crippen molar-refractivity contribution in [1.29, 1.82) is 0 Å². The summed E-state index contributed by atoms with van der Waals surface area (Å²) < 4.78 is 4.49. The highest BCUT2D eigenvalue weighted by Crippen LogP contribution is 2.14. The molecule has 0 fully saturated rings. The Balaban J connectivity index is 2.79. The van der Waals surface area contributed by atoms with Crippen LogP contribution in [-0.2, 0) is 0 Å². The molecule has 1 aromatic heterocycles. The van der Waals surface area contributed by atoms with E-state index < -0.39 is 6.09 Å². The zero-order valence-corrected chi connectivity index (χ0v) is 6.21. The number of carbonyl (C=O) groups is 1. The summed E-state index contributed by atoms with van der Waals surface area (Å²) in [7, 11) is 0. The van der Waals surface area contributed by atoms with Gasteiger partial charge in [-0.2, -0.15) is 0 Å². The molecule has 1 rings (SSSR count). The number of nitrogens with two attached hydrogens (primary N) is 1. The highest BCUT2D eigenvalue weighted by atomic mass is 35.5. The maximum Gasteiger partial charge on any atom is 0.410 e. The standard InChI is InChI=1S/C6H5ClN2O2/c7-4-1-5(3-9-2-4)11-6(8)10/h1-3H,(H2,8,10). The lowest BCUT2D eigenvalue weighted by Gasteiger charge is -1.98. The van der Waals surface area contributed by atoms with E-state index in [1.165, 1.54) is 18.5 Å². The number of pyridine rings is 1. The molecular formula is C6H5ClN2O2. The molecular weight excluding hydrogens is 168 g/mol. The first-order chi connectivity index (χ1) is 5.18. The maximum atomic E-state index is 10.2. The van der Waals surface area contributed by atoms with Crippen molar-refractivity contribution >= 4 is 17.7 Å². The minimum atomic E-state index is -0.880. The van der Waals surface area contributed by atoms with Gasteiger partial charge in [0.2, 0.25) is 0 Å². The number of rotatable bonds is 1. The van der Waals surface area contributed by atoms with Gasteiger partial charge in [-0.15, -0.1) is 0 Å². The lowest BCUT2D eigenvalue weighted by molar-refractivity contribution is 0.210. The average molecular weight is 173 g/mol. The van der Waals surface area contributed by atoms with Crippen LogP contribution in [0.1, 0.15) is 0 Å². The van der Waals surface area contributed by atoms with Gasteiger partial charge in [0, 0.05) is 12.3 Å². The second-order valence-corrected chi connectivity index (χ2v) is 2.20. The molecule has 58 valence electrons. The van der Waals surface area contributed by atoms with E-state index in [4.69, 9.17) is 17.3 Å². The molecule has 0 saturated heterocycles. The normalized spacial score (nSPS) is 9.18. The van der Waals surface area contributed by atoms with Crippen LogP contribution in [0.5, 0.6) is 5.75 Å². The minimum Gasteiger partial charge on any atom is -0.409 e. The second-order valence-electron chi connectivity index (χ2n) is 1.76. The molecule has 0 aliphatic rings. The number of primary amides is 1. The third-order valence-electron chi connectivity index (χ3n) is 0.898. The second kappa shape index (κ2) is 3.21. The van der Waals surface area contributed by atoms with E-state index in [2.05, 4.69) is 9.72 Å².